The molecule has 0 saturated heterocycles. The second kappa shape index (κ2) is 16.9. The maximum absolute atomic E-state index is 7.10. The van der Waals surface area contributed by atoms with E-state index in [1.165, 1.54) is 11.8 Å². The molecule has 12 heteroatoms. The number of aromatic nitrogens is 4. The van der Waals surface area contributed by atoms with Gasteiger partial charge in [-0.2, -0.15) is 0 Å². The van der Waals surface area contributed by atoms with E-state index < -0.39 is 0 Å². The lowest BCUT2D eigenvalue weighted by Gasteiger charge is -2.06. The van der Waals surface area contributed by atoms with E-state index >= 15 is 0 Å². The Bertz CT molecular complexity index is 1660. The van der Waals surface area contributed by atoms with Crippen LogP contribution in [0, 0.1) is 0 Å². The van der Waals surface area contributed by atoms with Gasteiger partial charge in [0.25, 0.3) is 0 Å². The zero-order valence-electron chi connectivity index (χ0n) is 23.3. The van der Waals surface area contributed by atoms with E-state index in [-0.39, 0.29) is 0 Å². The lowest BCUT2D eigenvalue weighted by Crippen LogP contribution is -2.14. The summed E-state index contributed by atoms with van der Waals surface area (Å²) in [6.07, 6.45) is 6.44. The van der Waals surface area contributed by atoms with Crippen LogP contribution in [0.1, 0.15) is 0 Å². The van der Waals surface area contributed by atoms with Gasteiger partial charge in [0.05, 0.1) is 36.2 Å². The third-order valence-electron chi connectivity index (χ3n) is 5.68. The first-order valence-electron chi connectivity index (χ1n) is 13.1. The van der Waals surface area contributed by atoms with Crippen molar-refractivity contribution in [2.75, 3.05) is 5.43 Å². The summed E-state index contributed by atoms with van der Waals surface area (Å²) in [5, 5.41) is 7.48. The third-order valence-corrected chi connectivity index (χ3v) is 5.87. The van der Waals surface area contributed by atoms with Gasteiger partial charge in [0.15, 0.2) is 5.82 Å². The number of hydrazine groups is 2. The van der Waals surface area contributed by atoms with Crippen molar-refractivity contribution >= 4 is 17.4 Å². The highest BCUT2D eigenvalue weighted by Crippen LogP contribution is 2.26. The van der Waals surface area contributed by atoms with Crippen LogP contribution in [-0.2, 0) is 0 Å². The number of nitrogens with zero attached hydrogens (tertiary/aromatic N) is 4. The standard InChI is InChI=1S/C16H11ClN2O.C16H14N4O.H4N2O/c17-16-11-18-15(10-19-16)12-6-8-14(9-7-12)20-13-4-2-1-3-5-13;17-20-16-11-18-15(10-19-16)12-6-8-14(9-7-12)21-13-4-2-1-3-5-13;1-2-3/h1-11H;1-11H,17H2,(H,19,20);2-3H,1H2. The van der Waals surface area contributed by atoms with Crippen molar-refractivity contribution in [1.82, 2.24) is 25.5 Å². The van der Waals surface area contributed by atoms with Crippen LogP contribution in [-0.4, -0.2) is 25.1 Å². The molecular weight excluding hydrogens is 580 g/mol. The molecule has 2 aromatic heterocycles. The molecule has 0 amide bonds. The topological polar surface area (TPSA) is 166 Å². The van der Waals surface area contributed by atoms with E-state index in [0.29, 0.717) is 11.0 Å². The summed E-state index contributed by atoms with van der Waals surface area (Å²) in [6, 6.07) is 34.7. The first-order chi connectivity index (χ1) is 21.6. The number of benzene rings is 4. The minimum Gasteiger partial charge on any atom is -0.457 e. The number of hydrogen-bond acceptors (Lipinski definition) is 11. The highest BCUT2D eigenvalue weighted by molar-refractivity contribution is 6.29. The highest BCUT2D eigenvalue weighted by Gasteiger charge is 2.03. The Morgan fingerprint density at radius 3 is 1.30 bits per heavy atom. The van der Waals surface area contributed by atoms with Gasteiger partial charge in [0.1, 0.15) is 28.2 Å². The highest BCUT2D eigenvalue weighted by atomic mass is 35.5. The average molecular weight is 609 g/mol. The molecule has 0 spiro atoms. The van der Waals surface area contributed by atoms with Crippen molar-refractivity contribution in [3.05, 3.63) is 139 Å². The normalized spacial score (nSPS) is 9.91. The van der Waals surface area contributed by atoms with Gasteiger partial charge in [0, 0.05) is 11.1 Å². The molecule has 2 heterocycles. The molecule has 0 atom stereocenters. The van der Waals surface area contributed by atoms with Crippen LogP contribution in [0.4, 0.5) is 5.82 Å². The molecule has 0 aliphatic rings. The van der Waals surface area contributed by atoms with Crippen molar-refractivity contribution in [3.8, 4) is 45.5 Å². The summed E-state index contributed by atoms with van der Waals surface area (Å²) in [5.41, 5.74) is 7.19. The van der Waals surface area contributed by atoms with Crippen molar-refractivity contribution in [3.63, 3.8) is 0 Å². The fourth-order valence-electron chi connectivity index (χ4n) is 3.65. The molecule has 0 bridgehead atoms. The summed E-state index contributed by atoms with van der Waals surface area (Å²) in [6.45, 7) is 0. The SMILES string of the molecule is Clc1cnc(-c2ccc(Oc3ccccc3)cc2)cn1.NNO.NNc1cnc(-c2ccc(Oc3ccccc3)cc2)cn1. The van der Waals surface area contributed by atoms with Crippen molar-refractivity contribution in [2.24, 2.45) is 11.7 Å². The van der Waals surface area contributed by atoms with Crippen LogP contribution in [0.5, 0.6) is 23.0 Å². The molecular formula is C32H29ClN8O3. The zero-order valence-corrected chi connectivity index (χ0v) is 24.0. The van der Waals surface area contributed by atoms with Gasteiger partial charge >= 0.3 is 0 Å². The van der Waals surface area contributed by atoms with Crippen LogP contribution in [0.2, 0.25) is 5.15 Å². The lowest BCUT2D eigenvalue weighted by atomic mass is 10.1. The quantitative estimate of drug-likeness (QED) is 0.0972. The summed E-state index contributed by atoms with van der Waals surface area (Å²) in [7, 11) is 0. The predicted molar refractivity (Wildman–Crippen MR) is 170 cm³/mol. The van der Waals surface area contributed by atoms with E-state index in [4.69, 9.17) is 32.1 Å². The fourth-order valence-corrected chi connectivity index (χ4v) is 3.75. The summed E-state index contributed by atoms with van der Waals surface area (Å²) < 4.78 is 11.5. The number of ether oxygens (including phenoxy) is 2. The van der Waals surface area contributed by atoms with Crippen LogP contribution in [0.15, 0.2) is 134 Å². The molecule has 0 radical (unpaired) electrons. The van der Waals surface area contributed by atoms with Gasteiger partial charge in [-0.3, -0.25) is 9.97 Å². The maximum Gasteiger partial charge on any atom is 0.158 e. The Balaban J connectivity index is 0.000000185. The second-order valence-electron chi connectivity index (χ2n) is 8.66. The summed E-state index contributed by atoms with van der Waals surface area (Å²) in [4.78, 5) is 16.7. The molecule has 6 aromatic rings. The second-order valence-corrected chi connectivity index (χ2v) is 9.05. The maximum atomic E-state index is 7.10. The Kier molecular flexibility index (Phi) is 12.1. The number of anilines is 1. The molecule has 6 rings (SSSR count). The van der Waals surface area contributed by atoms with E-state index in [1.807, 2.05) is 109 Å². The largest absolute Gasteiger partial charge is 0.457 e. The number of nitrogens with two attached hydrogens (primary N) is 2. The molecule has 0 unspecified atom stereocenters. The van der Waals surface area contributed by atoms with Gasteiger partial charge in [-0.1, -0.05) is 48.0 Å². The fraction of sp³-hybridized carbons (Fsp3) is 0. The Morgan fingerprint density at radius 2 is 0.932 bits per heavy atom. The van der Waals surface area contributed by atoms with Crippen LogP contribution in [0.25, 0.3) is 22.5 Å². The van der Waals surface area contributed by atoms with E-state index in [9.17, 15) is 0 Å². The van der Waals surface area contributed by atoms with Crippen molar-refractivity contribution in [2.45, 2.75) is 0 Å². The number of rotatable bonds is 7. The lowest BCUT2D eigenvalue weighted by molar-refractivity contribution is 0.169. The molecule has 0 saturated carbocycles. The van der Waals surface area contributed by atoms with E-state index in [1.54, 1.807) is 18.6 Å². The average Bonchev–Trinajstić information content (AvgIpc) is 3.08. The zero-order chi connectivity index (χ0) is 31.0. The number of hydrogen-bond donors (Lipinski definition) is 5. The Hall–Kier alpha value is -5.43. The smallest absolute Gasteiger partial charge is 0.158 e. The van der Waals surface area contributed by atoms with Crippen molar-refractivity contribution < 1.29 is 14.7 Å². The number of halogens is 1. The molecule has 0 aliphatic heterocycles. The monoisotopic (exact) mass is 608 g/mol. The first-order valence-corrected chi connectivity index (χ1v) is 13.5. The van der Waals surface area contributed by atoms with Gasteiger partial charge in [-0.25, -0.2) is 21.7 Å². The molecule has 222 valence electrons. The summed E-state index contributed by atoms with van der Waals surface area (Å²) in [5.74, 6) is 13.1. The number of nitrogen functional groups attached to an aromatic ring is 1. The number of para-hydroxylation sites is 2. The molecule has 0 aliphatic carbocycles. The van der Waals surface area contributed by atoms with E-state index in [2.05, 4.69) is 31.2 Å². The van der Waals surface area contributed by atoms with Crippen molar-refractivity contribution in [1.29, 1.82) is 0 Å². The predicted octanol–water partition coefficient (Wildman–Crippen LogP) is 6.65. The van der Waals surface area contributed by atoms with Gasteiger partial charge < -0.3 is 20.1 Å². The van der Waals surface area contributed by atoms with Gasteiger partial charge in [0.2, 0.25) is 0 Å². The van der Waals surface area contributed by atoms with Crippen LogP contribution >= 0.6 is 11.6 Å². The molecule has 0 fully saturated rings. The molecule has 4 aromatic carbocycles. The van der Waals surface area contributed by atoms with Crippen LogP contribution < -0.4 is 32.2 Å². The minimum absolute atomic E-state index is 0.387. The number of nitrogens with one attached hydrogen (secondary N) is 2. The summed E-state index contributed by atoms with van der Waals surface area (Å²) >= 11 is 5.72. The van der Waals surface area contributed by atoms with Gasteiger partial charge in [-0.05, 0) is 72.8 Å². The molecule has 11 nitrogen and oxygen atoms in total. The Morgan fingerprint density at radius 1 is 0.523 bits per heavy atom. The first kappa shape index (κ1) is 31.5. The molecule has 7 N–H and O–H groups in total. The molecule has 44 heavy (non-hydrogen) atoms. The van der Waals surface area contributed by atoms with Gasteiger partial charge in [-0.15, -0.1) is 5.59 Å². The minimum atomic E-state index is 0.387. The third kappa shape index (κ3) is 9.84. The Labute approximate surface area is 259 Å². The van der Waals surface area contributed by atoms with Crippen LogP contribution in [0.3, 0.4) is 0 Å². The van der Waals surface area contributed by atoms with E-state index in [0.717, 1.165) is 45.5 Å².